The maximum absolute atomic E-state index is 10.9. The van der Waals surface area contributed by atoms with Gasteiger partial charge in [0.2, 0.25) is 0 Å². The fraction of sp³-hybridized carbons (Fsp3) is 0.875. The Labute approximate surface area is 72.3 Å². The monoisotopic (exact) mass is 172 g/mol. The molecular weight excluding hydrogens is 156 g/mol. The smallest absolute Gasteiger partial charge is 0.311 e. The Kier molecular flexibility index (Phi) is 2.39. The summed E-state index contributed by atoms with van der Waals surface area (Å²) in [5, 5.41) is 8.96. The number of carbonyl (C=O) groups is 1. The lowest BCUT2D eigenvalue weighted by molar-refractivity contribution is -0.151. The number of nitrogens with two attached hydrogens (primary N) is 1. The van der Waals surface area contributed by atoms with Gasteiger partial charge in [-0.2, -0.15) is 0 Å². The maximum Gasteiger partial charge on any atom is 0.311 e. The summed E-state index contributed by atoms with van der Waals surface area (Å²) in [7, 11) is 1.96. The van der Waals surface area contributed by atoms with Crippen LogP contribution in [-0.4, -0.2) is 42.2 Å². The third-order valence-electron chi connectivity index (χ3n) is 2.83. The molecule has 0 aromatic heterocycles. The van der Waals surface area contributed by atoms with E-state index in [-0.39, 0.29) is 6.04 Å². The quantitative estimate of drug-likeness (QED) is 0.572. The molecule has 1 heterocycles. The minimum atomic E-state index is -0.775. The molecule has 0 amide bonds. The number of hydrogen-bond donors (Lipinski definition) is 2. The van der Waals surface area contributed by atoms with Crippen molar-refractivity contribution in [2.24, 2.45) is 11.1 Å². The Morgan fingerprint density at radius 3 is 2.75 bits per heavy atom. The van der Waals surface area contributed by atoms with Crippen molar-refractivity contribution in [2.75, 3.05) is 20.1 Å². The van der Waals surface area contributed by atoms with Crippen LogP contribution < -0.4 is 5.73 Å². The Hall–Kier alpha value is -0.610. The molecule has 1 aliphatic heterocycles. The van der Waals surface area contributed by atoms with E-state index in [4.69, 9.17) is 10.8 Å². The van der Waals surface area contributed by atoms with Crippen LogP contribution in [0.1, 0.15) is 13.3 Å². The lowest BCUT2D eigenvalue weighted by Crippen LogP contribution is -2.56. The van der Waals surface area contributed by atoms with E-state index in [2.05, 4.69) is 4.90 Å². The summed E-state index contributed by atoms with van der Waals surface area (Å²) in [4.78, 5) is 13.0. The fourth-order valence-corrected chi connectivity index (χ4v) is 1.50. The van der Waals surface area contributed by atoms with E-state index >= 15 is 0 Å². The largest absolute Gasteiger partial charge is 0.481 e. The Morgan fingerprint density at radius 2 is 2.33 bits per heavy atom. The minimum Gasteiger partial charge on any atom is -0.481 e. The van der Waals surface area contributed by atoms with Gasteiger partial charge in [0.1, 0.15) is 0 Å². The summed E-state index contributed by atoms with van der Waals surface area (Å²) >= 11 is 0. The van der Waals surface area contributed by atoms with Gasteiger partial charge in [-0.15, -0.1) is 0 Å². The summed E-state index contributed by atoms with van der Waals surface area (Å²) < 4.78 is 0. The van der Waals surface area contributed by atoms with Gasteiger partial charge in [-0.05, 0) is 26.9 Å². The molecule has 2 atom stereocenters. The van der Waals surface area contributed by atoms with E-state index in [9.17, 15) is 4.79 Å². The number of carboxylic acids is 1. The van der Waals surface area contributed by atoms with Gasteiger partial charge in [0.25, 0.3) is 0 Å². The van der Waals surface area contributed by atoms with Crippen LogP contribution in [-0.2, 0) is 4.79 Å². The van der Waals surface area contributed by atoms with Crippen molar-refractivity contribution >= 4 is 5.97 Å². The number of carboxylic acid groups (broad SMARTS) is 1. The van der Waals surface area contributed by atoms with Gasteiger partial charge in [0, 0.05) is 12.6 Å². The summed E-state index contributed by atoms with van der Waals surface area (Å²) in [6.45, 7) is 3.21. The van der Waals surface area contributed by atoms with E-state index in [1.165, 1.54) is 0 Å². The molecule has 0 aromatic carbocycles. The molecule has 4 nitrogen and oxygen atoms in total. The zero-order valence-corrected chi connectivity index (χ0v) is 7.58. The molecule has 0 bridgehead atoms. The molecule has 1 rings (SSSR count). The number of hydrogen-bond acceptors (Lipinski definition) is 3. The second kappa shape index (κ2) is 3.03. The molecule has 0 aromatic rings. The van der Waals surface area contributed by atoms with Crippen molar-refractivity contribution in [3.05, 3.63) is 0 Å². The van der Waals surface area contributed by atoms with Crippen molar-refractivity contribution < 1.29 is 9.90 Å². The molecule has 1 aliphatic rings. The lowest BCUT2D eigenvalue weighted by Gasteiger charge is -2.39. The topological polar surface area (TPSA) is 66.6 Å². The van der Waals surface area contributed by atoms with Crippen LogP contribution in [0.3, 0.4) is 0 Å². The fourth-order valence-electron chi connectivity index (χ4n) is 1.50. The van der Waals surface area contributed by atoms with Crippen molar-refractivity contribution in [3.63, 3.8) is 0 Å². The molecule has 2 unspecified atom stereocenters. The highest BCUT2D eigenvalue weighted by molar-refractivity contribution is 5.75. The zero-order valence-electron chi connectivity index (χ0n) is 7.58. The molecule has 4 heteroatoms. The van der Waals surface area contributed by atoms with Gasteiger partial charge < -0.3 is 15.7 Å². The number of nitrogens with zero attached hydrogens (tertiary/aromatic N) is 1. The van der Waals surface area contributed by atoms with Gasteiger partial charge in [-0.3, -0.25) is 4.79 Å². The number of rotatable bonds is 1. The third kappa shape index (κ3) is 1.44. The van der Waals surface area contributed by atoms with Crippen LogP contribution in [0.15, 0.2) is 0 Å². The predicted molar refractivity (Wildman–Crippen MR) is 45.8 cm³/mol. The minimum absolute atomic E-state index is 0.256. The van der Waals surface area contributed by atoms with Crippen LogP contribution in [0.5, 0.6) is 0 Å². The van der Waals surface area contributed by atoms with E-state index in [0.29, 0.717) is 13.0 Å². The number of likely N-dealkylation sites (N-methyl/N-ethyl adjacent to an activating group) is 1. The first-order valence-corrected chi connectivity index (χ1v) is 4.14. The average molecular weight is 172 g/mol. The van der Waals surface area contributed by atoms with E-state index < -0.39 is 11.4 Å². The number of aliphatic carboxylic acids is 1. The standard InChI is InChI=1S/C8H16N2O2/c1-8(7(11)12)3-4-10(2)5-6(8)9/h6H,3-5,9H2,1-2H3,(H,11,12). The molecule has 3 N–H and O–H groups in total. The summed E-state index contributed by atoms with van der Waals surface area (Å²) in [6.07, 6.45) is 0.639. The SMILES string of the molecule is CN1CCC(C)(C(=O)O)C(N)C1. The molecule has 0 spiro atoms. The normalized spacial score (nSPS) is 38.1. The van der Waals surface area contributed by atoms with Crippen molar-refractivity contribution in [3.8, 4) is 0 Å². The summed E-state index contributed by atoms with van der Waals surface area (Å²) in [5.74, 6) is -0.775. The maximum atomic E-state index is 10.9. The molecule has 70 valence electrons. The number of likely N-dealkylation sites (tertiary alicyclic amines) is 1. The first kappa shape index (κ1) is 9.48. The van der Waals surface area contributed by atoms with Crippen LogP contribution in [0.2, 0.25) is 0 Å². The molecule has 1 fully saturated rings. The first-order chi connectivity index (χ1) is 5.47. The molecule has 0 saturated carbocycles. The Balaban J connectivity index is 2.72. The van der Waals surface area contributed by atoms with E-state index in [1.54, 1.807) is 6.92 Å². The number of piperidine rings is 1. The van der Waals surface area contributed by atoms with E-state index in [0.717, 1.165) is 6.54 Å². The molecule has 0 radical (unpaired) electrons. The van der Waals surface area contributed by atoms with Crippen molar-refractivity contribution in [2.45, 2.75) is 19.4 Å². The highest BCUT2D eigenvalue weighted by Crippen LogP contribution is 2.29. The van der Waals surface area contributed by atoms with Crippen molar-refractivity contribution in [1.82, 2.24) is 4.90 Å². The van der Waals surface area contributed by atoms with Crippen LogP contribution >= 0.6 is 0 Å². The van der Waals surface area contributed by atoms with Gasteiger partial charge >= 0.3 is 5.97 Å². The second-order valence-electron chi connectivity index (χ2n) is 3.84. The van der Waals surface area contributed by atoms with Gasteiger partial charge in [0.15, 0.2) is 0 Å². The predicted octanol–water partition coefficient (Wildman–Crippen LogP) is -0.260. The van der Waals surface area contributed by atoms with Gasteiger partial charge in [-0.1, -0.05) is 0 Å². The van der Waals surface area contributed by atoms with Gasteiger partial charge in [-0.25, -0.2) is 0 Å². The zero-order chi connectivity index (χ0) is 9.35. The van der Waals surface area contributed by atoms with Crippen molar-refractivity contribution in [1.29, 1.82) is 0 Å². The highest BCUT2D eigenvalue weighted by Gasteiger charge is 2.42. The average Bonchev–Trinajstić information content (AvgIpc) is 1.97. The van der Waals surface area contributed by atoms with E-state index in [1.807, 2.05) is 7.05 Å². The van der Waals surface area contributed by atoms with Crippen LogP contribution in [0.25, 0.3) is 0 Å². The van der Waals surface area contributed by atoms with Gasteiger partial charge in [0.05, 0.1) is 5.41 Å². The second-order valence-corrected chi connectivity index (χ2v) is 3.84. The van der Waals surface area contributed by atoms with Crippen LogP contribution in [0.4, 0.5) is 0 Å². The highest BCUT2D eigenvalue weighted by atomic mass is 16.4. The summed E-state index contributed by atoms with van der Waals surface area (Å²) in [5.41, 5.74) is 5.05. The molecule has 0 aliphatic carbocycles. The third-order valence-corrected chi connectivity index (χ3v) is 2.83. The van der Waals surface area contributed by atoms with Crippen LogP contribution in [0, 0.1) is 5.41 Å². The molecule has 12 heavy (non-hydrogen) atoms. The first-order valence-electron chi connectivity index (χ1n) is 4.14. The molecule has 1 saturated heterocycles. The lowest BCUT2D eigenvalue weighted by atomic mass is 9.77. The Morgan fingerprint density at radius 1 is 1.75 bits per heavy atom. The summed E-state index contributed by atoms with van der Waals surface area (Å²) in [6, 6.07) is -0.256. The molecular formula is C8H16N2O2. The Bertz CT molecular complexity index is 195.